The SMILES string of the molecule is COCCn1cc(Cn2c(=O)n(Cc3cnn(C)c3)c(=O)c3cc(S(=O)(=O)N(C(=O)OC(C)(C)C)C4(C)CC4)sc32)cn1. The van der Waals surface area contributed by atoms with E-state index in [1.54, 1.807) is 76.0 Å². The zero-order valence-electron chi connectivity index (χ0n) is 24.9. The molecule has 0 saturated heterocycles. The molecule has 1 aliphatic rings. The number of nitrogens with zero attached hydrogens (tertiary/aromatic N) is 7. The zero-order valence-corrected chi connectivity index (χ0v) is 26.6. The maximum Gasteiger partial charge on any atom is 0.424 e. The fourth-order valence-corrected chi connectivity index (χ4v) is 7.88. The van der Waals surface area contributed by atoms with Crippen LogP contribution in [0.15, 0.2) is 44.7 Å². The summed E-state index contributed by atoms with van der Waals surface area (Å²) in [6, 6.07) is 1.25. The maximum atomic E-state index is 14.1. The van der Waals surface area contributed by atoms with Crippen molar-refractivity contribution in [2.45, 2.75) is 75.5 Å². The summed E-state index contributed by atoms with van der Waals surface area (Å²) in [5, 5.41) is 8.48. The number of carbonyl (C=O) groups excluding carboxylic acids is 1. The lowest BCUT2D eigenvalue weighted by Gasteiger charge is -2.30. The molecule has 5 rings (SSSR count). The van der Waals surface area contributed by atoms with Gasteiger partial charge in [0.2, 0.25) is 0 Å². The first-order valence-corrected chi connectivity index (χ1v) is 15.9. The number of aryl methyl sites for hydroxylation is 1. The Morgan fingerprint density at radius 3 is 2.35 bits per heavy atom. The summed E-state index contributed by atoms with van der Waals surface area (Å²) < 4.78 is 44.9. The maximum absolute atomic E-state index is 14.1. The van der Waals surface area contributed by atoms with Crippen molar-refractivity contribution >= 4 is 37.7 Å². The fourth-order valence-electron chi connectivity index (χ4n) is 4.68. The van der Waals surface area contributed by atoms with E-state index in [1.165, 1.54) is 10.6 Å². The number of amides is 1. The van der Waals surface area contributed by atoms with Crippen LogP contribution in [0, 0.1) is 0 Å². The molecule has 43 heavy (non-hydrogen) atoms. The van der Waals surface area contributed by atoms with Gasteiger partial charge in [-0.15, -0.1) is 11.3 Å². The lowest BCUT2D eigenvalue weighted by molar-refractivity contribution is 0.0332. The summed E-state index contributed by atoms with van der Waals surface area (Å²) in [5.41, 5.74) is -1.84. The third-order valence-electron chi connectivity index (χ3n) is 7.04. The number of carbonyl (C=O) groups is 1. The molecule has 4 aromatic rings. The van der Waals surface area contributed by atoms with Crippen LogP contribution < -0.4 is 11.2 Å². The molecule has 1 saturated carbocycles. The van der Waals surface area contributed by atoms with E-state index < -0.39 is 38.5 Å². The normalized spacial score (nSPS) is 14.7. The highest BCUT2D eigenvalue weighted by molar-refractivity contribution is 7.92. The van der Waals surface area contributed by atoms with E-state index in [2.05, 4.69) is 10.2 Å². The van der Waals surface area contributed by atoms with Crippen LogP contribution in [0.1, 0.15) is 51.7 Å². The van der Waals surface area contributed by atoms with Crippen molar-refractivity contribution in [1.82, 2.24) is 33.0 Å². The summed E-state index contributed by atoms with van der Waals surface area (Å²) >= 11 is 0.774. The molecule has 1 fully saturated rings. The Hall–Kier alpha value is -3.76. The summed E-state index contributed by atoms with van der Waals surface area (Å²) in [5.74, 6) is 0. The Balaban J connectivity index is 1.65. The molecule has 0 N–H and O–H groups in total. The number of fused-ring (bicyclic) bond motifs is 1. The van der Waals surface area contributed by atoms with E-state index in [0.717, 1.165) is 20.2 Å². The van der Waals surface area contributed by atoms with Gasteiger partial charge in [-0.1, -0.05) is 0 Å². The van der Waals surface area contributed by atoms with Crippen LogP contribution >= 0.6 is 11.3 Å². The van der Waals surface area contributed by atoms with Crippen molar-refractivity contribution in [3.8, 4) is 0 Å². The Morgan fingerprint density at radius 1 is 1.09 bits per heavy atom. The minimum atomic E-state index is -4.45. The van der Waals surface area contributed by atoms with Gasteiger partial charge in [-0.05, 0) is 46.6 Å². The van der Waals surface area contributed by atoms with Crippen LogP contribution in [0.25, 0.3) is 10.2 Å². The van der Waals surface area contributed by atoms with Crippen molar-refractivity contribution in [3.05, 3.63) is 62.8 Å². The number of hydrogen-bond acceptors (Lipinski definition) is 10. The van der Waals surface area contributed by atoms with Crippen molar-refractivity contribution in [1.29, 1.82) is 0 Å². The molecule has 0 unspecified atom stereocenters. The number of sulfonamides is 1. The van der Waals surface area contributed by atoms with E-state index in [1.807, 2.05) is 0 Å². The van der Waals surface area contributed by atoms with Crippen molar-refractivity contribution in [3.63, 3.8) is 0 Å². The second-order valence-electron chi connectivity index (χ2n) is 11.9. The second-order valence-corrected chi connectivity index (χ2v) is 15.0. The van der Waals surface area contributed by atoms with Gasteiger partial charge in [0, 0.05) is 37.7 Å². The first-order chi connectivity index (χ1) is 20.1. The number of thiophene rings is 1. The van der Waals surface area contributed by atoms with Crippen LogP contribution in [-0.2, 0) is 46.2 Å². The van der Waals surface area contributed by atoms with Gasteiger partial charge in [0.25, 0.3) is 15.6 Å². The standard InChI is InChI=1S/C27H35N7O7S2/c1-26(2,3)41-25(37)34(27(4)7-8-27)43(38,39)21-11-20-22(35)32(16-18-12-28-30(5)14-18)24(36)33(23(20)42-21)17-19-13-29-31(15-19)9-10-40-6/h11-15H,7-10,16-17H2,1-6H3. The number of methoxy groups -OCH3 is 1. The minimum absolute atomic E-state index is 0.0309. The average Bonchev–Trinajstić information content (AvgIpc) is 3.29. The lowest BCUT2D eigenvalue weighted by atomic mass is 10.2. The predicted octanol–water partition coefficient (Wildman–Crippen LogP) is 2.38. The van der Waals surface area contributed by atoms with Crippen molar-refractivity contribution in [2.24, 2.45) is 7.05 Å². The van der Waals surface area contributed by atoms with Crippen LogP contribution in [0.4, 0.5) is 4.79 Å². The highest BCUT2D eigenvalue weighted by Gasteiger charge is 2.54. The molecule has 0 spiro atoms. The third kappa shape index (κ3) is 6.17. The molecule has 0 aliphatic heterocycles. The number of hydrogen-bond donors (Lipinski definition) is 0. The molecular formula is C27H35N7O7S2. The summed E-state index contributed by atoms with van der Waals surface area (Å²) in [7, 11) is -1.14. The van der Waals surface area contributed by atoms with Gasteiger partial charge in [0.1, 0.15) is 14.6 Å². The summed E-state index contributed by atoms with van der Waals surface area (Å²) in [4.78, 5) is 41.0. The van der Waals surface area contributed by atoms with Crippen molar-refractivity contribution in [2.75, 3.05) is 13.7 Å². The Bertz CT molecular complexity index is 1900. The van der Waals surface area contributed by atoms with Gasteiger partial charge in [0.15, 0.2) is 0 Å². The van der Waals surface area contributed by atoms with Gasteiger partial charge in [0.05, 0.1) is 49.6 Å². The monoisotopic (exact) mass is 633 g/mol. The van der Waals surface area contributed by atoms with Crippen molar-refractivity contribution < 1.29 is 22.7 Å². The molecule has 0 aromatic carbocycles. The van der Waals surface area contributed by atoms with Gasteiger partial charge in [-0.3, -0.25) is 23.3 Å². The molecule has 4 aromatic heterocycles. The molecule has 1 aliphatic carbocycles. The van der Waals surface area contributed by atoms with E-state index >= 15 is 0 Å². The average molecular weight is 634 g/mol. The molecule has 14 nitrogen and oxygen atoms in total. The third-order valence-corrected chi connectivity index (χ3v) is 10.6. The molecular weight excluding hydrogens is 598 g/mol. The largest absolute Gasteiger partial charge is 0.443 e. The van der Waals surface area contributed by atoms with Crippen LogP contribution in [0.5, 0.6) is 0 Å². The molecule has 4 heterocycles. The van der Waals surface area contributed by atoms with Gasteiger partial charge < -0.3 is 9.47 Å². The lowest BCUT2D eigenvalue weighted by Crippen LogP contribution is -2.47. The van der Waals surface area contributed by atoms with Gasteiger partial charge in [-0.25, -0.2) is 9.59 Å². The number of ether oxygens (including phenoxy) is 2. The summed E-state index contributed by atoms with van der Waals surface area (Å²) in [6.07, 6.45) is 6.58. The highest BCUT2D eigenvalue weighted by atomic mass is 32.2. The van der Waals surface area contributed by atoms with E-state index in [4.69, 9.17) is 9.47 Å². The fraction of sp³-hybridized carbons (Fsp3) is 0.519. The Morgan fingerprint density at radius 2 is 1.74 bits per heavy atom. The van der Waals surface area contributed by atoms with Crippen LogP contribution in [-0.4, -0.2) is 72.4 Å². The predicted molar refractivity (Wildman–Crippen MR) is 159 cm³/mol. The van der Waals surface area contributed by atoms with Crippen LogP contribution in [0.2, 0.25) is 0 Å². The quantitative estimate of drug-likeness (QED) is 0.256. The highest BCUT2D eigenvalue weighted by Crippen LogP contribution is 2.46. The molecule has 0 radical (unpaired) electrons. The first kappa shape index (κ1) is 30.7. The van der Waals surface area contributed by atoms with Gasteiger partial charge >= 0.3 is 11.8 Å². The summed E-state index contributed by atoms with van der Waals surface area (Å²) in [6.45, 7) is 7.57. The molecule has 0 bridgehead atoms. The first-order valence-electron chi connectivity index (χ1n) is 13.7. The van der Waals surface area contributed by atoms with E-state index in [0.29, 0.717) is 37.1 Å². The minimum Gasteiger partial charge on any atom is -0.443 e. The Labute approximate surface area is 252 Å². The molecule has 232 valence electrons. The molecule has 1 amide bonds. The molecule has 0 atom stereocenters. The van der Waals surface area contributed by atoms with E-state index in [9.17, 15) is 22.8 Å². The smallest absolute Gasteiger partial charge is 0.424 e. The molecule has 16 heteroatoms. The number of rotatable bonds is 10. The second kappa shape index (κ2) is 11.1. The zero-order chi connectivity index (χ0) is 31.3. The number of aromatic nitrogens is 6. The Kier molecular flexibility index (Phi) is 7.89. The topological polar surface area (TPSA) is 153 Å². The van der Waals surface area contributed by atoms with Gasteiger partial charge in [-0.2, -0.15) is 22.9 Å². The van der Waals surface area contributed by atoms with Crippen LogP contribution in [0.3, 0.4) is 0 Å². The van der Waals surface area contributed by atoms with E-state index in [-0.39, 0.29) is 27.5 Å².